The second-order valence-corrected chi connectivity index (χ2v) is 7.05. The average molecular weight is 286 g/mol. The zero-order valence-corrected chi connectivity index (χ0v) is 13.0. The minimum atomic E-state index is 0.0805. The van der Waals surface area contributed by atoms with E-state index >= 15 is 0 Å². The van der Waals surface area contributed by atoms with Crippen molar-refractivity contribution in [3.63, 3.8) is 0 Å². The summed E-state index contributed by atoms with van der Waals surface area (Å²) < 4.78 is 2.88. The number of nitrogen functional groups attached to an aromatic ring is 1. The summed E-state index contributed by atoms with van der Waals surface area (Å²) in [5.41, 5.74) is 9.23. The van der Waals surface area contributed by atoms with Gasteiger partial charge in [-0.15, -0.1) is 11.3 Å². The Balaban J connectivity index is 2.13. The first-order chi connectivity index (χ1) is 9.36. The fourth-order valence-electron chi connectivity index (χ4n) is 2.08. The zero-order chi connectivity index (χ0) is 14.5. The molecule has 3 rings (SSSR count). The summed E-state index contributed by atoms with van der Waals surface area (Å²) in [6.07, 6.45) is 1.81. The lowest BCUT2D eigenvalue weighted by atomic mass is 9.98. The summed E-state index contributed by atoms with van der Waals surface area (Å²) in [6.45, 7) is 6.56. The van der Waals surface area contributed by atoms with Gasteiger partial charge in [0.05, 0.1) is 21.4 Å². The highest BCUT2D eigenvalue weighted by Crippen LogP contribution is 2.34. The third-order valence-corrected chi connectivity index (χ3v) is 4.77. The number of anilines is 1. The van der Waals surface area contributed by atoms with Gasteiger partial charge in [-0.05, 0) is 17.7 Å². The maximum Gasteiger partial charge on any atom is 0.129 e. The Kier molecular flexibility index (Phi) is 2.83. The van der Waals surface area contributed by atoms with Crippen molar-refractivity contribution in [3.05, 3.63) is 29.4 Å². The molecule has 0 fully saturated rings. The second kappa shape index (κ2) is 4.31. The van der Waals surface area contributed by atoms with E-state index in [4.69, 9.17) is 10.7 Å². The molecule has 0 aliphatic carbocycles. The predicted molar refractivity (Wildman–Crippen MR) is 84.9 cm³/mol. The van der Waals surface area contributed by atoms with Crippen molar-refractivity contribution in [2.24, 2.45) is 7.05 Å². The number of rotatable bonds is 1. The van der Waals surface area contributed by atoms with Gasteiger partial charge in [-0.3, -0.25) is 4.68 Å². The quantitative estimate of drug-likeness (QED) is 0.744. The zero-order valence-electron chi connectivity index (χ0n) is 12.1. The van der Waals surface area contributed by atoms with Crippen LogP contribution < -0.4 is 5.73 Å². The predicted octanol–water partition coefficient (Wildman–Crippen LogP) is 3.58. The monoisotopic (exact) mass is 286 g/mol. The maximum atomic E-state index is 6.04. The highest BCUT2D eigenvalue weighted by Gasteiger charge is 2.19. The molecule has 0 aliphatic heterocycles. The largest absolute Gasteiger partial charge is 0.383 e. The second-order valence-electron chi connectivity index (χ2n) is 6.02. The first-order valence-electron chi connectivity index (χ1n) is 6.55. The van der Waals surface area contributed by atoms with Gasteiger partial charge in [0.1, 0.15) is 5.82 Å². The van der Waals surface area contributed by atoms with Gasteiger partial charge in [-0.25, -0.2) is 4.98 Å². The van der Waals surface area contributed by atoms with Crippen LogP contribution in [0.1, 0.15) is 25.8 Å². The summed E-state index contributed by atoms with van der Waals surface area (Å²) in [5, 5.41) is 5.35. The Labute approximate surface area is 122 Å². The lowest BCUT2D eigenvalue weighted by molar-refractivity contribution is 0.587. The van der Waals surface area contributed by atoms with E-state index in [-0.39, 0.29) is 5.41 Å². The molecule has 4 nitrogen and oxygen atoms in total. The van der Waals surface area contributed by atoms with Crippen LogP contribution in [0.2, 0.25) is 0 Å². The minimum absolute atomic E-state index is 0.0805. The Morgan fingerprint density at radius 1 is 1.25 bits per heavy atom. The van der Waals surface area contributed by atoms with Gasteiger partial charge in [0.15, 0.2) is 0 Å². The van der Waals surface area contributed by atoms with E-state index in [1.807, 2.05) is 13.2 Å². The maximum absolute atomic E-state index is 6.04. The third kappa shape index (κ3) is 2.08. The van der Waals surface area contributed by atoms with E-state index in [1.54, 1.807) is 16.0 Å². The first kappa shape index (κ1) is 13.1. The number of benzene rings is 1. The molecule has 3 aromatic rings. The Bertz CT molecular complexity index is 777. The molecule has 0 bridgehead atoms. The van der Waals surface area contributed by atoms with Gasteiger partial charge in [-0.2, -0.15) is 5.10 Å². The molecule has 0 saturated carbocycles. The van der Waals surface area contributed by atoms with Crippen LogP contribution in [0.4, 0.5) is 5.82 Å². The van der Waals surface area contributed by atoms with Crippen molar-refractivity contribution >= 4 is 27.4 Å². The highest BCUT2D eigenvalue weighted by atomic mass is 32.1. The highest BCUT2D eigenvalue weighted by molar-refractivity contribution is 7.18. The van der Waals surface area contributed by atoms with Crippen LogP contribution in [0.15, 0.2) is 24.4 Å². The summed E-state index contributed by atoms with van der Waals surface area (Å²) in [7, 11) is 1.85. The molecule has 0 radical (unpaired) electrons. The van der Waals surface area contributed by atoms with Crippen LogP contribution >= 0.6 is 11.3 Å². The van der Waals surface area contributed by atoms with E-state index in [9.17, 15) is 0 Å². The number of aromatic nitrogens is 3. The number of aryl methyl sites for hydroxylation is 1. The molecule has 0 atom stereocenters. The van der Waals surface area contributed by atoms with E-state index in [2.05, 4.69) is 44.1 Å². The number of nitrogens with zero attached hydrogens (tertiary/aromatic N) is 3. The SMILES string of the molecule is Cn1ncc(-c2ccc3nc(C(C)(C)C)sc3c2)c1N. The van der Waals surface area contributed by atoms with Crippen LogP contribution in [0.25, 0.3) is 21.3 Å². The van der Waals surface area contributed by atoms with Crippen molar-refractivity contribution in [1.82, 2.24) is 14.8 Å². The molecule has 0 unspecified atom stereocenters. The van der Waals surface area contributed by atoms with E-state index < -0.39 is 0 Å². The molecular weight excluding hydrogens is 268 g/mol. The molecule has 2 N–H and O–H groups in total. The average Bonchev–Trinajstić information content (AvgIpc) is 2.93. The molecule has 5 heteroatoms. The molecule has 2 aromatic heterocycles. The van der Waals surface area contributed by atoms with E-state index in [0.29, 0.717) is 5.82 Å². The third-order valence-electron chi connectivity index (χ3n) is 3.33. The van der Waals surface area contributed by atoms with E-state index in [0.717, 1.165) is 21.7 Å². The van der Waals surface area contributed by atoms with Crippen molar-refractivity contribution in [3.8, 4) is 11.1 Å². The summed E-state index contributed by atoms with van der Waals surface area (Å²) in [4.78, 5) is 4.71. The van der Waals surface area contributed by atoms with E-state index in [1.165, 1.54) is 4.70 Å². The van der Waals surface area contributed by atoms with Gasteiger partial charge in [0.25, 0.3) is 0 Å². The summed E-state index contributed by atoms with van der Waals surface area (Å²) in [6, 6.07) is 6.26. The number of nitrogens with two attached hydrogens (primary N) is 1. The van der Waals surface area contributed by atoms with Crippen molar-refractivity contribution in [2.45, 2.75) is 26.2 Å². The lowest BCUT2D eigenvalue weighted by Crippen LogP contribution is -2.09. The minimum Gasteiger partial charge on any atom is -0.383 e. The van der Waals surface area contributed by atoms with Crippen LogP contribution in [-0.2, 0) is 12.5 Å². The normalized spacial score (nSPS) is 12.2. The van der Waals surface area contributed by atoms with Gasteiger partial charge < -0.3 is 5.73 Å². The number of fused-ring (bicyclic) bond motifs is 1. The van der Waals surface area contributed by atoms with Crippen molar-refractivity contribution < 1.29 is 0 Å². The Morgan fingerprint density at radius 3 is 2.60 bits per heavy atom. The molecule has 20 heavy (non-hydrogen) atoms. The fourth-order valence-corrected chi connectivity index (χ4v) is 3.14. The molecule has 0 spiro atoms. The van der Waals surface area contributed by atoms with Gasteiger partial charge in [-0.1, -0.05) is 26.8 Å². The van der Waals surface area contributed by atoms with Crippen LogP contribution in [-0.4, -0.2) is 14.8 Å². The summed E-state index contributed by atoms with van der Waals surface area (Å²) in [5.74, 6) is 0.685. The van der Waals surface area contributed by atoms with Crippen molar-refractivity contribution in [2.75, 3.05) is 5.73 Å². The smallest absolute Gasteiger partial charge is 0.129 e. The molecule has 0 amide bonds. The van der Waals surface area contributed by atoms with Crippen LogP contribution in [0.5, 0.6) is 0 Å². The molecular formula is C15H18N4S. The topological polar surface area (TPSA) is 56.7 Å². The molecule has 0 saturated heterocycles. The van der Waals surface area contributed by atoms with Gasteiger partial charge >= 0.3 is 0 Å². The molecule has 2 heterocycles. The van der Waals surface area contributed by atoms with Crippen molar-refractivity contribution in [1.29, 1.82) is 0 Å². The Morgan fingerprint density at radius 2 is 2.00 bits per heavy atom. The summed E-state index contributed by atoms with van der Waals surface area (Å²) >= 11 is 1.75. The van der Waals surface area contributed by atoms with Crippen LogP contribution in [0.3, 0.4) is 0 Å². The molecule has 1 aromatic carbocycles. The number of hydrogen-bond donors (Lipinski definition) is 1. The Hall–Kier alpha value is -1.88. The standard InChI is InChI=1S/C15H18N4S/c1-15(2,3)14-18-11-6-5-9(7-12(11)20-14)10-8-17-19(4)13(10)16/h5-8H,16H2,1-4H3. The molecule has 0 aliphatic rings. The number of thiazole rings is 1. The first-order valence-corrected chi connectivity index (χ1v) is 7.37. The fraction of sp³-hybridized carbons (Fsp3) is 0.333. The number of hydrogen-bond acceptors (Lipinski definition) is 4. The lowest BCUT2D eigenvalue weighted by Gasteiger charge is -2.13. The molecule has 104 valence electrons. The van der Waals surface area contributed by atoms with Gasteiger partial charge in [0, 0.05) is 18.0 Å². The van der Waals surface area contributed by atoms with Crippen LogP contribution in [0, 0.1) is 0 Å². The van der Waals surface area contributed by atoms with Gasteiger partial charge in [0.2, 0.25) is 0 Å².